The van der Waals surface area contributed by atoms with E-state index in [0.717, 1.165) is 37.1 Å². The first-order valence-corrected chi connectivity index (χ1v) is 12.7. The highest BCUT2D eigenvalue weighted by molar-refractivity contribution is 6.36. The summed E-state index contributed by atoms with van der Waals surface area (Å²) in [6.45, 7) is 2.94. The number of hydrogen-bond acceptors (Lipinski definition) is 4. The van der Waals surface area contributed by atoms with Gasteiger partial charge in [0.2, 0.25) is 5.91 Å². The summed E-state index contributed by atoms with van der Waals surface area (Å²) in [5, 5.41) is 5.14. The Labute approximate surface area is 223 Å². The number of amides is 1. The molecule has 3 heterocycles. The number of carbonyl (C=O) groups is 1. The quantitative estimate of drug-likeness (QED) is 0.309. The van der Waals surface area contributed by atoms with Crippen LogP contribution in [0.4, 0.5) is 11.4 Å². The molecule has 1 saturated heterocycles. The summed E-state index contributed by atoms with van der Waals surface area (Å²) >= 11 is 18.9. The highest BCUT2D eigenvalue weighted by Gasteiger charge is 2.26. The van der Waals surface area contributed by atoms with Gasteiger partial charge in [-0.05, 0) is 54.8 Å². The zero-order chi connectivity index (χ0) is 25.6. The third-order valence-electron chi connectivity index (χ3n) is 6.40. The van der Waals surface area contributed by atoms with Gasteiger partial charge in [-0.15, -0.1) is 0 Å². The van der Waals surface area contributed by atoms with Crippen molar-refractivity contribution < 1.29 is 4.79 Å². The van der Waals surface area contributed by atoms with Crippen molar-refractivity contribution in [3.05, 3.63) is 74.0 Å². The van der Waals surface area contributed by atoms with Gasteiger partial charge < -0.3 is 10.2 Å². The fourth-order valence-electron chi connectivity index (χ4n) is 4.71. The maximum Gasteiger partial charge on any atom is 0.277 e. The number of nitrogens with one attached hydrogen (secondary N) is 1. The van der Waals surface area contributed by atoms with E-state index in [1.54, 1.807) is 31.3 Å². The third-order valence-corrected chi connectivity index (χ3v) is 7.20. The van der Waals surface area contributed by atoms with Crippen molar-refractivity contribution >= 4 is 63.1 Å². The van der Waals surface area contributed by atoms with Crippen molar-refractivity contribution in [1.29, 1.82) is 0 Å². The molecule has 2 aromatic carbocycles. The molecule has 0 atom stereocenters. The van der Waals surface area contributed by atoms with E-state index in [4.69, 9.17) is 39.8 Å². The molecule has 2 aromatic heterocycles. The van der Waals surface area contributed by atoms with Gasteiger partial charge in [0, 0.05) is 53.6 Å². The lowest BCUT2D eigenvalue weighted by Crippen LogP contribution is -2.31. The van der Waals surface area contributed by atoms with Crippen LogP contribution in [0.2, 0.25) is 15.1 Å². The number of halogens is 3. The van der Waals surface area contributed by atoms with Gasteiger partial charge in [-0.3, -0.25) is 14.2 Å². The molecule has 0 unspecified atom stereocenters. The highest BCUT2D eigenvalue weighted by Crippen LogP contribution is 2.41. The first-order valence-electron chi connectivity index (χ1n) is 11.6. The molecular weight excluding hydrogens is 519 g/mol. The fourth-order valence-corrected chi connectivity index (χ4v) is 5.33. The predicted molar refractivity (Wildman–Crippen MR) is 149 cm³/mol. The van der Waals surface area contributed by atoms with Crippen LogP contribution in [0.5, 0.6) is 0 Å². The van der Waals surface area contributed by atoms with Crippen LogP contribution >= 0.6 is 34.8 Å². The smallest absolute Gasteiger partial charge is 0.277 e. The average Bonchev–Trinajstić information content (AvgIpc) is 3.37. The Morgan fingerprint density at radius 3 is 2.25 bits per heavy atom. The van der Waals surface area contributed by atoms with E-state index < -0.39 is 0 Å². The number of rotatable bonds is 4. The molecule has 0 spiro atoms. The third kappa shape index (κ3) is 4.45. The number of anilines is 2. The Morgan fingerprint density at radius 2 is 1.61 bits per heavy atom. The Hall–Kier alpha value is -3.06. The molecule has 0 saturated carbocycles. The Morgan fingerprint density at radius 1 is 0.944 bits per heavy atom. The molecule has 0 bridgehead atoms. The molecule has 5 rings (SSSR count). The molecule has 0 radical (unpaired) electrons. The summed E-state index contributed by atoms with van der Waals surface area (Å²) in [5.41, 5.74) is 4.08. The second kappa shape index (κ2) is 9.77. The van der Waals surface area contributed by atoms with E-state index in [1.165, 1.54) is 11.5 Å². The maximum atomic E-state index is 13.6. The van der Waals surface area contributed by atoms with Gasteiger partial charge in [-0.25, -0.2) is 4.98 Å². The van der Waals surface area contributed by atoms with Crippen LogP contribution in [-0.2, 0) is 11.8 Å². The van der Waals surface area contributed by atoms with Gasteiger partial charge in [0.25, 0.3) is 5.56 Å². The monoisotopic (exact) mass is 540 g/mol. The molecule has 1 N–H and O–H groups in total. The van der Waals surface area contributed by atoms with Crippen molar-refractivity contribution in [2.45, 2.75) is 19.8 Å². The van der Waals surface area contributed by atoms with Crippen LogP contribution in [0.3, 0.4) is 0 Å². The minimum absolute atomic E-state index is 0.215. The van der Waals surface area contributed by atoms with E-state index in [-0.39, 0.29) is 11.5 Å². The summed E-state index contributed by atoms with van der Waals surface area (Å²) in [6.07, 6.45) is 1.98. The largest absolute Gasteiger partial charge is 0.365 e. The van der Waals surface area contributed by atoms with Crippen molar-refractivity contribution in [2.24, 2.45) is 7.05 Å². The van der Waals surface area contributed by atoms with E-state index >= 15 is 0 Å². The topological polar surface area (TPSA) is 67.2 Å². The van der Waals surface area contributed by atoms with Crippen LogP contribution in [0, 0.1) is 0 Å². The summed E-state index contributed by atoms with van der Waals surface area (Å²) < 4.78 is 1.53. The standard InChI is InChI=1S/C27H23Cl3N4O2/c1-15(35)31-24-21-14-20(16-5-7-17(28)8-6-16)23(19-10-9-18(29)13-22(19)30)32-26(21)33(2)27(36)25(24)34-11-3-4-12-34/h5-10,13-14H,3-4,11-12H2,1-2H3,(H,31,35). The number of hydrogen-bond donors (Lipinski definition) is 1. The molecule has 4 aromatic rings. The zero-order valence-corrected chi connectivity index (χ0v) is 22.0. The summed E-state index contributed by atoms with van der Waals surface area (Å²) in [6, 6.07) is 14.6. The second-order valence-corrected chi connectivity index (χ2v) is 10.1. The summed E-state index contributed by atoms with van der Waals surface area (Å²) in [7, 11) is 1.70. The second-order valence-electron chi connectivity index (χ2n) is 8.85. The number of pyridine rings is 2. The normalized spacial score (nSPS) is 13.4. The SMILES string of the molecule is CC(=O)Nc1c(N2CCCC2)c(=O)n(C)c2nc(-c3ccc(Cl)cc3Cl)c(-c3ccc(Cl)cc3)cc12. The number of aryl methyl sites for hydroxylation is 1. The Bertz CT molecular complexity index is 1560. The molecule has 1 aliphatic heterocycles. The van der Waals surface area contributed by atoms with Gasteiger partial charge in [0.05, 0.1) is 16.4 Å². The molecule has 1 fully saturated rings. The van der Waals surface area contributed by atoms with Crippen LogP contribution < -0.4 is 15.8 Å². The molecular formula is C27H23Cl3N4O2. The summed E-state index contributed by atoms with van der Waals surface area (Å²) in [4.78, 5) is 32.9. The molecule has 0 aliphatic carbocycles. The van der Waals surface area contributed by atoms with Gasteiger partial charge in [0.1, 0.15) is 11.3 Å². The number of nitrogens with zero attached hydrogens (tertiary/aromatic N) is 3. The average molecular weight is 542 g/mol. The van der Waals surface area contributed by atoms with Gasteiger partial charge >= 0.3 is 0 Å². The van der Waals surface area contributed by atoms with Crippen molar-refractivity contribution in [3.8, 4) is 22.4 Å². The minimum atomic E-state index is -0.261. The lowest BCUT2D eigenvalue weighted by Gasteiger charge is -2.24. The van der Waals surface area contributed by atoms with Crippen LogP contribution in [0.15, 0.2) is 53.3 Å². The Balaban J connectivity index is 1.90. The maximum absolute atomic E-state index is 13.6. The molecule has 6 nitrogen and oxygen atoms in total. The lowest BCUT2D eigenvalue weighted by molar-refractivity contribution is -0.114. The first-order chi connectivity index (χ1) is 17.2. The Kier molecular flexibility index (Phi) is 6.68. The van der Waals surface area contributed by atoms with E-state index in [0.29, 0.717) is 48.7 Å². The van der Waals surface area contributed by atoms with Crippen molar-refractivity contribution in [3.63, 3.8) is 0 Å². The number of carbonyl (C=O) groups excluding carboxylic acids is 1. The number of benzene rings is 2. The molecule has 1 aliphatic rings. The van der Waals surface area contributed by atoms with E-state index in [1.807, 2.05) is 29.2 Å². The van der Waals surface area contributed by atoms with E-state index in [2.05, 4.69) is 5.32 Å². The van der Waals surface area contributed by atoms with Crippen molar-refractivity contribution in [1.82, 2.24) is 9.55 Å². The van der Waals surface area contributed by atoms with Crippen LogP contribution in [0.25, 0.3) is 33.4 Å². The van der Waals surface area contributed by atoms with Gasteiger partial charge in [0.15, 0.2) is 0 Å². The molecule has 36 heavy (non-hydrogen) atoms. The van der Waals surface area contributed by atoms with Crippen LogP contribution in [-0.4, -0.2) is 28.5 Å². The molecule has 9 heteroatoms. The van der Waals surface area contributed by atoms with E-state index in [9.17, 15) is 9.59 Å². The highest BCUT2D eigenvalue weighted by atomic mass is 35.5. The van der Waals surface area contributed by atoms with Crippen LogP contribution in [0.1, 0.15) is 19.8 Å². The predicted octanol–water partition coefficient (Wildman–Crippen LogP) is 6.79. The zero-order valence-electron chi connectivity index (χ0n) is 19.7. The minimum Gasteiger partial charge on any atom is -0.365 e. The summed E-state index contributed by atoms with van der Waals surface area (Å²) in [5.74, 6) is -0.261. The number of aromatic nitrogens is 2. The lowest BCUT2D eigenvalue weighted by atomic mass is 9.97. The molecule has 1 amide bonds. The van der Waals surface area contributed by atoms with Crippen molar-refractivity contribution in [2.75, 3.05) is 23.3 Å². The van der Waals surface area contributed by atoms with Gasteiger partial charge in [-0.2, -0.15) is 0 Å². The number of fused-ring (bicyclic) bond motifs is 1. The molecule has 184 valence electrons. The first kappa shape index (κ1) is 24.6. The fraction of sp³-hybridized carbons (Fsp3) is 0.222. The van der Waals surface area contributed by atoms with Gasteiger partial charge in [-0.1, -0.05) is 46.9 Å².